The van der Waals surface area contributed by atoms with Gasteiger partial charge < -0.3 is 13.3 Å². The van der Waals surface area contributed by atoms with Gasteiger partial charge in [-0.1, -0.05) is 214 Å². The van der Waals surface area contributed by atoms with Crippen LogP contribution in [0.15, 0.2) is 0 Å². The van der Waals surface area contributed by atoms with Crippen molar-refractivity contribution in [2.45, 2.75) is 257 Å². The fourth-order valence-electron chi connectivity index (χ4n) is 6.57. The zero-order valence-corrected chi connectivity index (χ0v) is 34.9. The summed E-state index contributed by atoms with van der Waals surface area (Å²) in [6.45, 7) is 10.7. The lowest BCUT2D eigenvalue weighted by molar-refractivity contribution is 0.0464. The Morgan fingerprint density at radius 3 is 1.00 bits per heavy atom. The molecule has 0 heterocycles. The van der Waals surface area contributed by atoms with E-state index in [1.165, 1.54) is 186 Å². The molecule has 0 rings (SSSR count). The largest absolute Gasteiger partial charge is 0.484 e. The molecule has 0 spiro atoms. The first-order valence-corrected chi connectivity index (χ1v) is 23.6. The first-order valence-electron chi connectivity index (χ1n) is 21.7. The minimum absolute atomic E-state index is 0.264. The van der Waals surface area contributed by atoms with E-state index in [-0.39, 0.29) is 6.10 Å². The van der Waals surface area contributed by atoms with Crippen LogP contribution in [0.1, 0.15) is 246 Å². The molecule has 3 nitrogen and oxygen atoms in total. The van der Waals surface area contributed by atoms with Crippen LogP contribution in [-0.2, 0) is 13.3 Å². The van der Waals surface area contributed by atoms with Crippen molar-refractivity contribution >= 4 is 22.2 Å². The molecule has 5 heteroatoms. The van der Waals surface area contributed by atoms with Gasteiger partial charge >= 0.3 is 9.53 Å². The summed E-state index contributed by atoms with van der Waals surface area (Å²) in [7, 11) is -2.13. The lowest BCUT2D eigenvalue weighted by Crippen LogP contribution is -2.33. The molecular formula is C42H88O3SSi. The molecular weight excluding hydrogens is 613 g/mol. The SMILES string of the molecule is CCCCCCCCCCCCCC(CCC(C)S)O[SiH](OCCCCCCCCCCCC)OCCCCCCCCCCCC. The minimum Gasteiger partial charge on any atom is -0.376 e. The van der Waals surface area contributed by atoms with Crippen molar-refractivity contribution in [3.8, 4) is 0 Å². The Labute approximate surface area is 305 Å². The van der Waals surface area contributed by atoms with Crippen molar-refractivity contribution in [1.82, 2.24) is 0 Å². The number of rotatable bonds is 41. The maximum atomic E-state index is 6.74. The van der Waals surface area contributed by atoms with Gasteiger partial charge in [0.1, 0.15) is 0 Å². The first-order chi connectivity index (χ1) is 23.1. The Balaban J connectivity index is 4.49. The van der Waals surface area contributed by atoms with Gasteiger partial charge in [0.25, 0.3) is 0 Å². The van der Waals surface area contributed by atoms with E-state index in [1.54, 1.807) is 0 Å². The number of unbranched alkanes of at least 4 members (excludes halogenated alkanes) is 28. The molecule has 0 fully saturated rings. The van der Waals surface area contributed by atoms with Crippen molar-refractivity contribution in [2.75, 3.05) is 13.2 Å². The predicted molar refractivity (Wildman–Crippen MR) is 216 cm³/mol. The molecule has 0 aliphatic heterocycles. The van der Waals surface area contributed by atoms with Crippen LogP contribution in [0.5, 0.6) is 0 Å². The Morgan fingerprint density at radius 1 is 0.383 bits per heavy atom. The molecule has 284 valence electrons. The fraction of sp³-hybridized carbons (Fsp3) is 1.00. The highest BCUT2D eigenvalue weighted by atomic mass is 32.1. The van der Waals surface area contributed by atoms with E-state index in [0.717, 1.165) is 45.3 Å². The standard InChI is InChI=1S/C42H88O3SSi/c1-5-8-11-14-17-20-23-24-27-30-33-36-42(38-37-41(4)46)45-47(43-39-34-31-28-25-21-18-15-12-9-6-2)44-40-35-32-29-26-22-19-16-13-10-7-3/h41-42,46-47H,5-40H2,1-4H3. The average molecular weight is 701 g/mol. The maximum Gasteiger partial charge on any atom is 0.484 e. The molecule has 0 saturated heterocycles. The Kier molecular flexibility index (Phi) is 41.3. The van der Waals surface area contributed by atoms with Gasteiger partial charge in [-0.05, 0) is 37.4 Å². The normalized spacial score (nSPS) is 13.1. The first kappa shape index (κ1) is 47.4. The third-order valence-corrected chi connectivity index (χ3v) is 11.7. The molecule has 47 heavy (non-hydrogen) atoms. The summed E-state index contributed by atoms with van der Waals surface area (Å²) in [4.78, 5) is 0. The van der Waals surface area contributed by atoms with E-state index in [0.29, 0.717) is 5.25 Å². The van der Waals surface area contributed by atoms with E-state index in [4.69, 9.17) is 25.9 Å². The van der Waals surface area contributed by atoms with Crippen LogP contribution in [0.4, 0.5) is 0 Å². The van der Waals surface area contributed by atoms with Gasteiger partial charge in [0, 0.05) is 19.3 Å². The summed E-state index contributed by atoms with van der Waals surface area (Å²) >= 11 is 4.69. The second-order valence-corrected chi connectivity index (χ2v) is 17.3. The highest BCUT2D eigenvalue weighted by Gasteiger charge is 2.22. The topological polar surface area (TPSA) is 27.7 Å². The Morgan fingerprint density at radius 2 is 0.681 bits per heavy atom. The molecule has 0 aromatic heterocycles. The smallest absolute Gasteiger partial charge is 0.376 e. The van der Waals surface area contributed by atoms with Crippen LogP contribution >= 0.6 is 12.6 Å². The predicted octanol–water partition coefficient (Wildman–Crippen LogP) is 14.8. The zero-order valence-electron chi connectivity index (χ0n) is 32.9. The van der Waals surface area contributed by atoms with E-state index < -0.39 is 9.53 Å². The highest BCUT2D eigenvalue weighted by molar-refractivity contribution is 7.80. The van der Waals surface area contributed by atoms with E-state index >= 15 is 0 Å². The molecule has 0 radical (unpaired) electrons. The minimum atomic E-state index is -2.13. The molecule has 0 N–H and O–H groups in total. The third-order valence-electron chi connectivity index (χ3n) is 9.84. The maximum absolute atomic E-state index is 6.74. The molecule has 0 saturated carbocycles. The van der Waals surface area contributed by atoms with Gasteiger partial charge in [-0.2, -0.15) is 12.6 Å². The van der Waals surface area contributed by atoms with Crippen LogP contribution in [0.25, 0.3) is 0 Å². The van der Waals surface area contributed by atoms with E-state index in [9.17, 15) is 0 Å². The van der Waals surface area contributed by atoms with Crippen LogP contribution in [0.2, 0.25) is 0 Å². The van der Waals surface area contributed by atoms with Gasteiger partial charge in [0.15, 0.2) is 0 Å². The van der Waals surface area contributed by atoms with Gasteiger partial charge in [-0.25, -0.2) is 0 Å². The Hall–Kier alpha value is 0.447. The number of hydrogen-bond acceptors (Lipinski definition) is 4. The third kappa shape index (κ3) is 39.1. The van der Waals surface area contributed by atoms with Gasteiger partial charge in [0.05, 0.1) is 0 Å². The van der Waals surface area contributed by atoms with Gasteiger partial charge in [-0.3, -0.25) is 0 Å². The summed E-state index contributed by atoms with van der Waals surface area (Å²) in [6.07, 6.45) is 45.9. The molecule has 0 aromatic carbocycles. The summed E-state index contributed by atoms with van der Waals surface area (Å²) in [5, 5.41) is 0.415. The number of hydrogen-bond donors (Lipinski definition) is 1. The molecule has 0 aliphatic carbocycles. The molecule has 2 atom stereocenters. The lowest BCUT2D eigenvalue weighted by Gasteiger charge is -2.24. The summed E-state index contributed by atoms with van der Waals surface area (Å²) in [5.74, 6) is 0. The summed E-state index contributed by atoms with van der Waals surface area (Å²) in [5.41, 5.74) is 0. The summed E-state index contributed by atoms with van der Waals surface area (Å²) < 4.78 is 19.6. The van der Waals surface area contributed by atoms with Crippen molar-refractivity contribution < 1.29 is 13.3 Å². The van der Waals surface area contributed by atoms with Crippen molar-refractivity contribution in [3.63, 3.8) is 0 Å². The molecule has 0 aliphatic rings. The Bertz CT molecular complexity index is 538. The van der Waals surface area contributed by atoms with Crippen LogP contribution in [0.3, 0.4) is 0 Å². The monoisotopic (exact) mass is 701 g/mol. The van der Waals surface area contributed by atoms with Crippen molar-refractivity contribution in [3.05, 3.63) is 0 Å². The second-order valence-electron chi connectivity index (χ2n) is 14.9. The van der Waals surface area contributed by atoms with Crippen LogP contribution in [-0.4, -0.2) is 34.1 Å². The molecule has 0 aromatic rings. The molecule has 2 unspecified atom stereocenters. The summed E-state index contributed by atoms with van der Waals surface area (Å²) in [6, 6.07) is 0. The van der Waals surface area contributed by atoms with E-state index in [2.05, 4.69) is 27.7 Å². The quantitative estimate of drug-likeness (QED) is 0.0391. The van der Waals surface area contributed by atoms with Gasteiger partial charge in [0.2, 0.25) is 0 Å². The second kappa shape index (κ2) is 40.9. The lowest BCUT2D eigenvalue weighted by atomic mass is 10.0. The zero-order chi connectivity index (χ0) is 34.3. The van der Waals surface area contributed by atoms with Crippen molar-refractivity contribution in [1.29, 1.82) is 0 Å². The van der Waals surface area contributed by atoms with Crippen molar-refractivity contribution in [2.24, 2.45) is 0 Å². The highest BCUT2D eigenvalue weighted by Crippen LogP contribution is 2.19. The number of thiol groups is 1. The van der Waals surface area contributed by atoms with Crippen LogP contribution < -0.4 is 0 Å². The van der Waals surface area contributed by atoms with Gasteiger partial charge in [-0.15, -0.1) is 0 Å². The van der Waals surface area contributed by atoms with E-state index in [1.807, 2.05) is 0 Å². The fourth-order valence-corrected chi connectivity index (χ4v) is 8.27. The molecule has 0 amide bonds. The molecule has 0 bridgehead atoms. The average Bonchev–Trinajstić information content (AvgIpc) is 3.06. The van der Waals surface area contributed by atoms with Crippen LogP contribution in [0, 0.1) is 0 Å².